The maximum atomic E-state index is 12.5. The van der Waals surface area contributed by atoms with E-state index in [4.69, 9.17) is 22.1 Å². The van der Waals surface area contributed by atoms with Gasteiger partial charge in [0.15, 0.2) is 7.85 Å². The number of carbonyl (C=O) groups is 6. The van der Waals surface area contributed by atoms with Crippen LogP contribution in [0.1, 0.15) is 19.3 Å². The van der Waals surface area contributed by atoms with Crippen molar-refractivity contribution in [2.75, 3.05) is 118 Å². The number of nitrogens with one attached hydrogen (secondary N) is 1. The Balaban J connectivity index is 2.58. The summed E-state index contributed by atoms with van der Waals surface area (Å²) in [7, 11) is 5.02. The van der Waals surface area contributed by atoms with E-state index < -0.39 is 23.7 Å². The van der Waals surface area contributed by atoms with Gasteiger partial charge in [0.1, 0.15) is 18.6 Å². The summed E-state index contributed by atoms with van der Waals surface area (Å²) < 4.78 is 15.9. The van der Waals surface area contributed by atoms with Gasteiger partial charge in [-0.3, -0.25) is 34.0 Å². The summed E-state index contributed by atoms with van der Waals surface area (Å²) in [4.78, 5) is 76.5. The lowest BCUT2D eigenvalue weighted by Crippen LogP contribution is -2.51. The lowest BCUT2D eigenvalue weighted by molar-refractivity contribution is -0.144. The first-order valence-electron chi connectivity index (χ1n) is 15.2. The Kier molecular flexibility index (Phi) is 22.7. The summed E-state index contributed by atoms with van der Waals surface area (Å²) in [6.45, 7) is 5.08. The van der Waals surface area contributed by atoms with Crippen molar-refractivity contribution < 1.29 is 53.2 Å². The molecule has 1 amide bonds. The minimum absolute atomic E-state index is 0.0378. The molecule has 254 valence electrons. The van der Waals surface area contributed by atoms with E-state index in [1.54, 1.807) is 9.80 Å². The average molecular weight is 642 g/mol. The molecule has 16 nitrogen and oxygen atoms in total. The van der Waals surface area contributed by atoms with Gasteiger partial charge in [0.2, 0.25) is 5.91 Å². The van der Waals surface area contributed by atoms with Crippen LogP contribution in [0.5, 0.6) is 0 Å². The molecule has 0 aromatic heterocycles. The Labute approximate surface area is 265 Å². The number of carboxylic acid groups (broad SMARTS) is 2. The highest BCUT2D eigenvalue weighted by atomic mass is 16.5. The van der Waals surface area contributed by atoms with Gasteiger partial charge in [-0.2, -0.15) is 0 Å². The molecule has 1 rings (SSSR count). The van der Waals surface area contributed by atoms with Crippen LogP contribution < -0.4 is 5.32 Å². The number of carbonyl (C=O) groups excluding carboxylic acids is 4. The SMILES string of the molecule is [B]C(=O)CCOCCOCCOCCNC(=O)CCC(C(=O)O)N1CCN(CC=O)CCN(CC=O)CCN(CC(=O)O)CC1. The van der Waals surface area contributed by atoms with Crippen LogP contribution in [0.3, 0.4) is 0 Å². The first-order valence-corrected chi connectivity index (χ1v) is 15.2. The third-order valence-electron chi connectivity index (χ3n) is 7.07. The third-order valence-corrected chi connectivity index (χ3v) is 7.07. The number of carboxylic acids is 2. The van der Waals surface area contributed by atoms with E-state index >= 15 is 0 Å². The van der Waals surface area contributed by atoms with Crippen molar-refractivity contribution in [1.29, 1.82) is 0 Å². The van der Waals surface area contributed by atoms with Crippen molar-refractivity contribution in [3.8, 4) is 0 Å². The van der Waals surface area contributed by atoms with E-state index in [9.17, 15) is 39.0 Å². The molecule has 0 aromatic rings. The quantitative estimate of drug-likeness (QED) is 0.0587. The van der Waals surface area contributed by atoms with E-state index in [0.29, 0.717) is 59.2 Å². The predicted molar refractivity (Wildman–Crippen MR) is 162 cm³/mol. The highest BCUT2D eigenvalue weighted by Gasteiger charge is 2.28. The second-order valence-electron chi connectivity index (χ2n) is 10.4. The zero-order chi connectivity index (χ0) is 33.3. The molecule has 1 atom stereocenters. The third kappa shape index (κ3) is 20.8. The van der Waals surface area contributed by atoms with Crippen molar-refractivity contribution in [1.82, 2.24) is 24.9 Å². The van der Waals surface area contributed by atoms with Crippen LogP contribution in [0.4, 0.5) is 0 Å². The minimum Gasteiger partial charge on any atom is -0.480 e. The number of ether oxygens (including phenoxy) is 3. The van der Waals surface area contributed by atoms with Gasteiger partial charge in [-0.1, -0.05) is 0 Å². The molecule has 1 saturated heterocycles. The van der Waals surface area contributed by atoms with Crippen molar-refractivity contribution in [3.05, 3.63) is 0 Å². The average Bonchev–Trinajstić information content (AvgIpc) is 2.98. The summed E-state index contributed by atoms with van der Waals surface area (Å²) >= 11 is 0. The van der Waals surface area contributed by atoms with Crippen molar-refractivity contribution in [3.63, 3.8) is 0 Å². The van der Waals surface area contributed by atoms with E-state index in [1.165, 1.54) is 0 Å². The van der Waals surface area contributed by atoms with Crippen LogP contribution in [0, 0.1) is 0 Å². The van der Waals surface area contributed by atoms with Gasteiger partial charge in [0, 0.05) is 71.7 Å². The molecule has 0 aromatic carbocycles. The zero-order valence-electron chi connectivity index (χ0n) is 26.0. The maximum absolute atomic E-state index is 12.5. The van der Waals surface area contributed by atoms with Gasteiger partial charge in [0.05, 0.1) is 65.0 Å². The van der Waals surface area contributed by atoms with Crippen LogP contribution >= 0.6 is 0 Å². The van der Waals surface area contributed by atoms with Gasteiger partial charge in [-0.15, -0.1) is 0 Å². The van der Waals surface area contributed by atoms with Gasteiger partial charge < -0.3 is 44.1 Å². The van der Waals surface area contributed by atoms with Crippen molar-refractivity contribution in [2.45, 2.75) is 25.3 Å². The molecular weight excluding hydrogens is 593 g/mol. The van der Waals surface area contributed by atoms with Gasteiger partial charge in [-0.25, -0.2) is 0 Å². The number of aliphatic carboxylic acids is 2. The molecule has 3 N–H and O–H groups in total. The maximum Gasteiger partial charge on any atom is 0.320 e. The molecule has 17 heteroatoms. The molecule has 1 unspecified atom stereocenters. The first kappa shape index (κ1) is 40.2. The molecule has 0 aliphatic carbocycles. The second-order valence-corrected chi connectivity index (χ2v) is 10.4. The number of hydrogen-bond acceptors (Lipinski definition) is 13. The Hall–Kier alpha value is -2.80. The largest absolute Gasteiger partial charge is 0.480 e. The lowest BCUT2D eigenvalue weighted by atomic mass is 10.0. The predicted octanol–water partition coefficient (Wildman–Crippen LogP) is -2.82. The molecule has 2 radical (unpaired) electrons. The first-order chi connectivity index (χ1) is 21.7. The van der Waals surface area contributed by atoms with E-state index in [-0.39, 0.29) is 84.2 Å². The standard InChI is InChI=1S/C28H48BN5O11/c29-25(37)3-17-43-19-21-45-22-20-44-18-4-30-26(38)2-1-24(28(41)42)34-11-9-32(14-16-36)6-5-31(13-15-35)7-8-33(10-12-34)23-27(39)40/h15-16,24H,1-14,17-23H2,(H,30,38)(H,39,40)(H,41,42). The fraction of sp³-hybridized carbons (Fsp3) is 0.786. The number of hydrogen-bond donors (Lipinski definition) is 3. The molecule has 0 saturated carbocycles. The molecule has 45 heavy (non-hydrogen) atoms. The van der Waals surface area contributed by atoms with Gasteiger partial charge >= 0.3 is 11.9 Å². The molecule has 1 aliphatic heterocycles. The second kappa shape index (κ2) is 25.4. The lowest BCUT2D eigenvalue weighted by Gasteiger charge is -2.35. The van der Waals surface area contributed by atoms with E-state index in [2.05, 4.69) is 5.32 Å². The number of nitrogens with zero attached hydrogens (tertiary/aromatic N) is 4. The fourth-order valence-electron chi connectivity index (χ4n) is 4.59. The van der Waals surface area contributed by atoms with Crippen LogP contribution in [0.25, 0.3) is 0 Å². The Morgan fingerprint density at radius 2 is 1.20 bits per heavy atom. The molecule has 0 bridgehead atoms. The van der Waals surface area contributed by atoms with Crippen LogP contribution in [-0.4, -0.2) is 198 Å². The highest BCUT2D eigenvalue weighted by molar-refractivity contribution is 6.57. The number of amides is 1. The normalized spacial score (nSPS) is 17.1. The fourth-order valence-corrected chi connectivity index (χ4v) is 4.59. The summed E-state index contributed by atoms with van der Waals surface area (Å²) in [5.74, 6) is -2.44. The molecule has 0 spiro atoms. The number of rotatable bonds is 23. The van der Waals surface area contributed by atoms with Crippen LogP contribution in [0.2, 0.25) is 0 Å². The zero-order valence-corrected chi connectivity index (χ0v) is 26.0. The van der Waals surface area contributed by atoms with Gasteiger partial charge in [0.25, 0.3) is 0 Å². The van der Waals surface area contributed by atoms with E-state index in [0.717, 1.165) is 12.6 Å². The topological polar surface area (TPSA) is 196 Å². The summed E-state index contributed by atoms with van der Waals surface area (Å²) in [6.07, 6.45) is 1.72. The van der Waals surface area contributed by atoms with Crippen molar-refractivity contribution >= 4 is 43.9 Å². The monoisotopic (exact) mass is 641 g/mol. The minimum atomic E-state index is -1.10. The molecular formula is C28H48BN5O11. The van der Waals surface area contributed by atoms with Crippen molar-refractivity contribution in [2.24, 2.45) is 0 Å². The number of aldehydes is 2. The Morgan fingerprint density at radius 1 is 0.711 bits per heavy atom. The van der Waals surface area contributed by atoms with E-state index in [1.807, 2.05) is 9.80 Å². The Bertz CT molecular complexity index is 901. The van der Waals surface area contributed by atoms with Crippen LogP contribution in [0.15, 0.2) is 0 Å². The summed E-state index contributed by atoms with van der Waals surface area (Å²) in [6, 6.07) is -0.997. The molecule has 1 aliphatic rings. The van der Waals surface area contributed by atoms with Gasteiger partial charge in [-0.05, 0) is 6.42 Å². The molecule has 1 heterocycles. The smallest absolute Gasteiger partial charge is 0.320 e. The Morgan fingerprint density at radius 3 is 1.71 bits per heavy atom. The molecule has 1 fully saturated rings. The highest BCUT2D eigenvalue weighted by Crippen LogP contribution is 2.10. The summed E-state index contributed by atoms with van der Waals surface area (Å²) in [5.41, 5.74) is -0.428. The summed E-state index contributed by atoms with van der Waals surface area (Å²) in [5, 5.41) is 22.1. The van der Waals surface area contributed by atoms with Crippen LogP contribution in [-0.2, 0) is 43.0 Å².